The Balaban J connectivity index is 2.23. The smallest absolute Gasteiger partial charge is 0.00772 e. The molecule has 4 N–H and O–H groups in total. The second kappa shape index (κ2) is 8.12. The third-order valence-corrected chi connectivity index (χ3v) is 3.87. The molecule has 1 saturated carbocycles. The SMILES string of the molecule is NCCCCC(CCCN)C1CCCC1. The minimum absolute atomic E-state index is 0.855. The van der Waals surface area contributed by atoms with Crippen LogP contribution >= 0.6 is 0 Å². The van der Waals surface area contributed by atoms with Crippen LogP contribution in [0.5, 0.6) is 0 Å². The minimum atomic E-state index is 0.855. The van der Waals surface area contributed by atoms with Gasteiger partial charge in [0.25, 0.3) is 0 Å². The summed E-state index contributed by atoms with van der Waals surface area (Å²) in [6.45, 7) is 1.72. The fraction of sp³-hybridized carbons (Fsp3) is 1.00. The number of hydrogen-bond donors (Lipinski definition) is 2. The maximum atomic E-state index is 5.61. The number of unbranched alkanes of at least 4 members (excludes halogenated alkanes) is 1. The van der Waals surface area contributed by atoms with Gasteiger partial charge in [0.05, 0.1) is 0 Å². The highest BCUT2D eigenvalue weighted by Gasteiger charge is 2.23. The highest BCUT2D eigenvalue weighted by Crippen LogP contribution is 2.36. The van der Waals surface area contributed by atoms with Gasteiger partial charge in [-0.3, -0.25) is 0 Å². The first-order valence-electron chi connectivity index (χ1n) is 6.78. The molecule has 0 aromatic carbocycles. The molecule has 1 aliphatic rings. The molecule has 0 saturated heterocycles. The van der Waals surface area contributed by atoms with Gasteiger partial charge in [0.15, 0.2) is 0 Å². The van der Waals surface area contributed by atoms with Crippen molar-refractivity contribution < 1.29 is 0 Å². The Morgan fingerprint density at radius 3 is 2.07 bits per heavy atom. The van der Waals surface area contributed by atoms with Gasteiger partial charge in [-0.25, -0.2) is 0 Å². The average molecular weight is 212 g/mol. The van der Waals surface area contributed by atoms with Crippen molar-refractivity contribution in [1.82, 2.24) is 0 Å². The second-order valence-electron chi connectivity index (χ2n) is 5.02. The zero-order valence-electron chi connectivity index (χ0n) is 10.1. The third kappa shape index (κ3) is 4.98. The van der Waals surface area contributed by atoms with Crippen molar-refractivity contribution in [1.29, 1.82) is 0 Å². The number of rotatable bonds is 8. The molecule has 0 heterocycles. The zero-order chi connectivity index (χ0) is 10.9. The fourth-order valence-corrected chi connectivity index (χ4v) is 2.98. The summed E-state index contributed by atoms with van der Waals surface area (Å²) in [6, 6.07) is 0. The molecule has 0 spiro atoms. The molecule has 0 bridgehead atoms. The summed E-state index contributed by atoms with van der Waals surface area (Å²) in [5.74, 6) is 1.96. The van der Waals surface area contributed by atoms with E-state index < -0.39 is 0 Å². The van der Waals surface area contributed by atoms with Crippen molar-refractivity contribution in [2.24, 2.45) is 23.3 Å². The van der Waals surface area contributed by atoms with E-state index in [-0.39, 0.29) is 0 Å². The first-order chi connectivity index (χ1) is 7.38. The molecule has 0 amide bonds. The highest BCUT2D eigenvalue weighted by atomic mass is 14.5. The van der Waals surface area contributed by atoms with Crippen LogP contribution in [0.4, 0.5) is 0 Å². The number of nitrogens with two attached hydrogens (primary N) is 2. The molecule has 2 nitrogen and oxygen atoms in total. The molecule has 1 unspecified atom stereocenters. The first-order valence-corrected chi connectivity index (χ1v) is 6.78. The Bertz CT molecular complexity index is 141. The minimum Gasteiger partial charge on any atom is -0.330 e. The molecule has 1 aliphatic carbocycles. The summed E-state index contributed by atoms with van der Waals surface area (Å²) in [7, 11) is 0. The summed E-state index contributed by atoms with van der Waals surface area (Å²) in [5, 5.41) is 0. The van der Waals surface area contributed by atoms with Gasteiger partial charge in [-0.05, 0) is 44.2 Å². The summed E-state index contributed by atoms with van der Waals surface area (Å²) in [5.41, 5.74) is 11.2. The van der Waals surface area contributed by atoms with Gasteiger partial charge in [-0.1, -0.05) is 38.5 Å². The quantitative estimate of drug-likeness (QED) is 0.608. The van der Waals surface area contributed by atoms with E-state index in [1.54, 1.807) is 0 Å². The van der Waals surface area contributed by atoms with Crippen molar-refractivity contribution >= 4 is 0 Å². The molecular weight excluding hydrogens is 184 g/mol. The Morgan fingerprint density at radius 1 is 0.867 bits per heavy atom. The van der Waals surface area contributed by atoms with E-state index in [2.05, 4.69) is 0 Å². The molecule has 0 radical (unpaired) electrons. The van der Waals surface area contributed by atoms with Crippen LogP contribution in [0.25, 0.3) is 0 Å². The van der Waals surface area contributed by atoms with Crippen LogP contribution in [-0.2, 0) is 0 Å². The highest BCUT2D eigenvalue weighted by molar-refractivity contribution is 4.75. The van der Waals surface area contributed by atoms with Crippen LogP contribution in [0.3, 0.4) is 0 Å². The van der Waals surface area contributed by atoms with Crippen LogP contribution in [0, 0.1) is 11.8 Å². The van der Waals surface area contributed by atoms with Crippen LogP contribution in [0.1, 0.15) is 57.8 Å². The van der Waals surface area contributed by atoms with Crippen molar-refractivity contribution in [3.63, 3.8) is 0 Å². The van der Waals surface area contributed by atoms with E-state index in [4.69, 9.17) is 11.5 Å². The van der Waals surface area contributed by atoms with Crippen molar-refractivity contribution in [3.05, 3.63) is 0 Å². The Hall–Kier alpha value is -0.0800. The largest absolute Gasteiger partial charge is 0.330 e. The van der Waals surface area contributed by atoms with E-state index in [1.807, 2.05) is 0 Å². The predicted octanol–water partition coefficient (Wildman–Crippen LogP) is 2.66. The lowest BCUT2D eigenvalue weighted by atomic mass is 9.83. The fourth-order valence-electron chi connectivity index (χ4n) is 2.98. The molecule has 15 heavy (non-hydrogen) atoms. The summed E-state index contributed by atoms with van der Waals surface area (Å²) in [6.07, 6.45) is 12.3. The maximum Gasteiger partial charge on any atom is -0.00772 e. The summed E-state index contributed by atoms with van der Waals surface area (Å²) in [4.78, 5) is 0. The standard InChI is InChI=1S/C13H28N2/c14-10-4-3-8-13(9-5-11-15)12-6-1-2-7-12/h12-13H,1-11,14-15H2. The molecule has 1 atom stereocenters. The van der Waals surface area contributed by atoms with Gasteiger partial charge in [-0.15, -0.1) is 0 Å². The van der Waals surface area contributed by atoms with Gasteiger partial charge in [0.1, 0.15) is 0 Å². The van der Waals surface area contributed by atoms with Gasteiger partial charge in [0.2, 0.25) is 0 Å². The van der Waals surface area contributed by atoms with Gasteiger partial charge in [0, 0.05) is 0 Å². The molecule has 1 fully saturated rings. The summed E-state index contributed by atoms with van der Waals surface area (Å²) >= 11 is 0. The van der Waals surface area contributed by atoms with E-state index in [0.717, 1.165) is 24.9 Å². The van der Waals surface area contributed by atoms with Crippen molar-refractivity contribution in [2.75, 3.05) is 13.1 Å². The topological polar surface area (TPSA) is 52.0 Å². The first kappa shape index (κ1) is 13.0. The third-order valence-electron chi connectivity index (χ3n) is 3.87. The van der Waals surface area contributed by atoms with Crippen LogP contribution in [0.2, 0.25) is 0 Å². The van der Waals surface area contributed by atoms with Crippen molar-refractivity contribution in [2.45, 2.75) is 57.8 Å². The molecular formula is C13H28N2. The average Bonchev–Trinajstić information content (AvgIpc) is 2.76. The molecule has 0 aromatic heterocycles. The Kier molecular flexibility index (Phi) is 7.03. The van der Waals surface area contributed by atoms with Gasteiger partial charge in [-0.2, -0.15) is 0 Å². The van der Waals surface area contributed by atoms with Gasteiger partial charge >= 0.3 is 0 Å². The van der Waals surface area contributed by atoms with Gasteiger partial charge < -0.3 is 11.5 Å². The van der Waals surface area contributed by atoms with E-state index in [9.17, 15) is 0 Å². The van der Waals surface area contributed by atoms with Crippen LogP contribution < -0.4 is 11.5 Å². The van der Waals surface area contributed by atoms with Crippen LogP contribution in [0.15, 0.2) is 0 Å². The molecule has 2 heteroatoms. The zero-order valence-corrected chi connectivity index (χ0v) is 10.1. The van der Waals surface area contributed by atoms with Crippen LogP contribution in [-0.4, -0.2) is 13.1 Å². The Labute approximate surface area is 94.8 Å². The lowest BCUT2D eigenvalue weighted by molar-refractivity contribution is 0.287. The molecule has 1 rings (SSSR count). The van der Waals surface area contributed by atoms with E-state index in [0.29, 0.717) is 0 Å². The van der Waals surface area contributed by atoms with E-state index in [1.165, 1.54) is 57.8 Å². The normalized spacial score (nSPS) is 19.6. The lowest BCUT2D eigenvalue weighted by Gasteiger charge is -2.23. The molecule has 90 valence electrons. The monoisotopic (exact) mass is 212 g/mol. The summed E-state index contributed by atoms with van der Waals surface area (Å²) < 4.78 is 0. The van der Waals surface area contributed by atoms with E-state index >= 15 is 0 Å². The Morgan fingerprint density at radius 2 is 1.47 bits per heavy atom. The second-order valence-corrected chi connectivity index (χ2v) is 5.02. The molecule has 0 aromatic rings. The predicted molar refractivity (Wildman–Crippen MR) is 66.6 cm³/mol. The maximum absolute atomic E-state index is 5.61. The molecule has 0 aliphatic heterocycles. The lowest BCUT2D eigenvalue weighted by Crippen LogP contribution is -2.14. The van der Waals surface area contributed by atoms with Crippen molar-refractivity contribution in [3.8, 4) is 0 Å². The number of hydrogen-bond acceptors (Lipinski definition) is 2.